The summed E-state index contributed by atoms with van der Waals surface area (Å²) in [5, 5.41) is 13.8. The number of nitrogens with one attached hydrogen (secondary N) is 1. The fraction of sp³-hybridized carbons (Fsp3) is 0.857. The molecular weight excluding hydrogens is 210 g/mol. The summed E-state index contributed by atoms with van der Waals surface area (Å²) in [6.07, 6.45) is -2.06. The van der Waals surface area contributed by atoms with Crippen molar-refractivity contribution in [2.24, 2.45) is 5.22 Å². The van der Waals surface area contributed by atoms with E-state index in [0.29, 0.717) is 5.01 Å². The van der Waals surface area contributed by atoms with Gasteiger partial charge in [0, 0.05) is 6.42 Å². The zero-order chi connectivity index (χ0) is 11.5. The molecule has 1 aliphatic rings. The van der Waals surface area contributed by atoms with Gasteiger partial charge in [0.15, 0.2) is 0 Å². The Morgan fingerprint density at radius 3 is 2.80 bits per heavy atom. The van der Waals surface area contributed by atoms with E-state index in [0.717, 1.165) is 0 Å². The number of amides is 1. The van der Waals surface area contributed by atoms with Gasteiger partial charge < -0.3 is 9.90 Å². The smallest absolute Gasteiger partial charge is 0.266 e. The van der Waals surface area contributed by atoms with Gasteiger partial charge in [-0.25, -0.2) is 8.78 Å². The van der Waals surface area contributed by atoms with Crippen molar-refractivity contribution in [1.29, 1.82) is 5.53 Å². The highest BCUT2D eigenvalue weighted by atomic mass is 19.3. The second kappa shape index (κ2) is 4.31. The highest BCUT2D eigenvalue weighted by Crippen LogP contribution is 2.35. The molecule has 0 aromatic rings. The fourth-order valence-electron chi connectivity index (χ4n) is 1.66. The summed E-state index contributed by atoms with van der Waals surface area (Å²) >= 11 is 0. The molecule has 1 unspecified atom stereocenters. The molecule has 1 aliphatic carbocycles. The largest absolute Gasteiger partial charge is 0.509 e. The number of nitrogens with zero attached hydrogens (tertiary/aromatic N) is 3. The Kier molecular flexibility index (Phi) is 3.31. The van der Waals surface area contributed by atoms with Gasteiger partial charge in [-0.05, 0) is 18.4 Å². The van der Waals surface area contributed by atoms with E-state index in [2.05, 4.69) is 10.1 Å². The van der Waals surface area contributed by atoms with Gasteiger partial charge in [0.1, 0.15) is 6.04 Å². The lowest BCUT2D eigenvalue weighted by molar-refractivity contribution is -0.270. The zero-order valence-corrected chi connectivity index (χ0v) is 7.82. The van der Waals surface area contributed by atoms with Crippen LogP contribution in [0.4, 0.5) is 13.6 Å². The second-order valence-corrected chi connectivity index (χ2v) is 3.41. The quantitative estimate of drug-likeness (QED) is 0.420. The molecule has 1 amide bonds. The van der Waals surface area contributed by atoms with Crippen molar-refractivity contribution in [3.63, 3.8) is 0 Å². The van der Waals surface area contributed by atoms with Crippen LogP contribution in [0.2, 0.25) is 0 Å². The van der Waals surface area contributed by atoms with E-state index in [4.69, 9.17) is 5.53 Å². The third kappa shape index (κ3) is 2.95. The summed E-state index contributed by atoms with van der Waals surface area (Å²) in [5.41, 5.74) is 6.38. The van der Waals surface area contributed by atoms with Crippen LogP contribution in [-0.2, 0) is 0 Å². The molecule has 84 valence electrons. The van der Waals surface area contributed by atoms with Crippen molar-refractivity contribution in [2.45, 2.75) is 37.6 Å². The summed E-state index contributed by atoms with van der Waals surface area (Å²) < 4.78 is 25.9. The van der Waals surface area contributed by atoms with Gasteiger partial charge >= 0.3 is 0 Å². The molecule has 1 rings (SSSR count). The van der Waals surface area contributed by atoms with Gasteiger partial charge in [-0.2, -0.15) is 0 Å². The molecule has 1 saturated carbocycles. The molecule has 1 atom stereocenters. The Morgan fingerprint density at radius 2 is 2.33 bits per heavy atom. The number of carbonyl (C=O) groups excluding carboxylic acids is 1. The first-order chi connectivity index (χ1) is 6.96. The Morgan fingerprint density at radius 1 is 1.67 bits per heavy atom. The number of carbonyl (C=O) groups is 1. The average Bonchev–Trinajstić information content (AvgIpc) is 2.11. The standard InChI is InChI=1S/C7H10F2N4O2/c8-7(9)3-1-2-5(4-7)13(6(14)15)12-11-10/h5,10H,1-4H2. The SMILES string of the molecule is N=[N+]=NN(C(=O)[O-])C1CCCC(F)(F)C1. The van der Waals surface area contributed by atoms with Crippen LogP contribution in [0.3, 0.4) is 0 Å². The van der Waals surface area contributed by atoms with Crippen LogP contribution >= 0.6 is 0 Å². The number of hydrogen-bond acceptors (Lipinski definition) is 4. The van der Waals surface area contributed by atoms with E-state index in [1.54, 1.807) is 0 Å². The molecule has 15 heavy (non-hydrogen) atoms. The lowest BCUT2D eigenvalue weighted by atomic mass is 9.92. The van der Waals surface area contributed by atoms with E-state index in [-0.39, 0.29) is 19.3 Å². The summed E-state index contributed by atoms with van der Waals surface area (Å²) in [5.74, 6) is -2.88. The van der Waals surface area contributed by atoms with E-state index in [9.17, 15) is 18.7 Å². The number of halogens is 2. The third-order valence-electron chi connectivity index (χ3n) is 2.29. The third-order valence-corrected chi connectivity index (χ3v) is 2.29. The Bertz CT molecular complexity index is 301. The molecule has 0 saturated heterocycles. The van der Waals surface area contributed by atoms with Gasteiger partial charge in [-0.15, -0.1) is 0 Å². The molecule has 0 heterocycles. The summed E-state index contributed by atoms with van der Waals surface area (Å²) in [7, 11) is 0. The van der Waals surface area contributed by atoms with Crippen molar-refractivity contribution in [3.8, 4) is 0 Å². The summed E-state index contributed by atoms with van der Waals surface area (Å²) in [4.78, 5) is 13.0. The number of alkyl halides is 2. The van der Waals surface area contributed by atoms with E-state index in [1.165, 1.54) is 0 Å². The van der Waals surface area contributed by atoms with Crippen molar-refractivity contribution in [3.05, 3.63) is 0 Å². The average molecular weight is 220 g/mol. The minimum atomic E-state index is -2.88. The van der Waals surface area contributed by atoms with Crippen molar-refractivity contribution in [1.82, 2.24) is 9.92 Å². The van der Waals surface area contributed by atoms with Gasteiger partial charge in [0.05, 0.1) is 11.3 Å². The lowest BCUT2D eigenvalue weighted by Gasteiger charge is -2.29. The Balaban J connectivity index is 2.76. The first-order valence-corrected chi connectivity index (χ1v) is 4.42. The number of hydrogen-bond donors (Lipinski definition) is 1. The molecule has 0 spiro atoms. The minimum absolute atomic E-state index is 0.217. The van der Waals surface area contributed by atoms with Gasteiger partial charge in [-0.3, -0.25) is 0 Å². The van der Waals surface area contributed by atoms with Crippen LogP contribution in [0, 0.1) is 5.53 Å². The summed E-state index contributed by atoms with van der Waals surface area (Å²) in [6, 6.07) is -0.951. The predicted molar refractivity (Wildman–Crippen MR) is 41.7 cm³/mol. The second-order valence-electron chi connectivity index (χ2n) is 3.41. The minimum Gasteiger partial charge on any atom is -0.509 e. The van der Waals surface area contributed by atoms with Crippen LogP contribution in [0.5, 0.6) is 0 Å². The maximum Gasteiger partial charge on any atom is 0.266 e. The van der Waals surface area contributed by atoms with Gasteiger partial charge in [-0.1, -0.05) is 5.01 Å². The van der Waals surface area contributed by atoms with E-state index >= 15 is 0 Å². The fourth-order valence-corrected chi connectivity index (χ4v) is 1.66. The first kappa shape index (κ1) is 11.5. The van der Waals surface area contributed by atoms with E-state index in [1.807, 2.05) is 0 Å². The first-order valence-electron chi connectivity index (χ1n) is 4.42. The van der Waals surface area contributed by atoms with Crippen LogP contribution in [0.25, 0.3) is 0 Å². The molecule has 8 heteroatoms. The van der Waals surface area contributed by atoms with Crippen molar-refractivity contribution < 1.29 is 18.7 Å². The number of rotatable bonds is 2. The molecule has 6 nitrogen and oxygen atoms in total. The molecule has 0 aliphatic heterocycles. The topological polar surface area (TPSA) is 93.7 Å². The molecule has 1 N–H and O–H groups in total. The van der Waals surface area contributed by atoms with Crippen LogP contribution in [-0.4, -0.2) is 23.1 Å². The van der Waals surface area contributed by atoms with Crippen LogP contribution in [0.1, 0.15) is 25.7 Å². The monoisotopic (exact) mass is 220 g/mol. The van der Waals surface area contributed by atoms with Crippen LogP contribution < -0.4 is 10.0 Å². The van der Waals surface area contributed by atoms with Gasteiger partial charge in [0.2, 0.25) is 5.22 Å². The van der Waals surface area contributed by atoms with E-state index < -0.39 is 24.5 Å². The molecular formula is C7H10F2N4O2. The lowest BCUT2D eigenvalue weighted by Crippen LogP contribution is -2.47. The molecule has 0 aromatic heterocycles. The maximum atomic E-state index is 13.0. The van der Waals surface area contributed by atoms with Crippen molar-refractivity contribution in [2.75, 3.05) is 0 Å². The van der Waals surface area contributed by atoms with Crippen LogP contribution in [0.15, 0.2) is 5.22 Å². The Hall–Kier alpha value is -1.56. The highest BCUT2D eigenvalue weighted by Gasteiger charge is 2.42. The molecule has 0 radical (unpaired) electrons. The number of carboxylic acid groups (broad SMARTS) is 1. The molecule has 0 bridgehead atoms. The Labute approximate surface area is 84.1 Å². The molecule has 1 fully saturated rings. The molecule has 0 aromatic carbocycles. The highest BCUT2D eigenvalue weighted by molar-refractivity contribution is 5.62. The normalized spacial score (nSPS) is 24.0. The predicted octanol–water partition coefficient (Wildman–Crippen LogP) is 0.675. The van der Waals surface area contributed by atoms with Crippen molar-refractivity contribution >= 4 is 6.09 Å². The zero-order valence-electron chi connectivity index (χ0n) is 7.82. The van der Waals surface area contributed by atoms with Gasteiger partial charge in [0.25, 0.3) is 12.0 Å². The summed E-state index contributed by atoms with van der Waals surface area (Å²) in [6.45, 7) is 0. The maximum absolute atomic E-state index is 13.0.